The van der Waals surface area contributed by atoms with Crippen LogP contribution in [0.15, 0.2) is 66.9 Å². The van der Waals surface area contributed by atoms with Crippen LogP contribution in [0.2, 0.25) is 0 Å². The standard InChI is InChI=1S/C33H37N5O5/c1-42-28-12-9-23(10-13-28)32-30(22-35-15-17-36(18-16-35)33(39)25-6-4-8-29(20-25)43-2)37-21-26(11-14-31(37)34-32)24-5-3-7-27(19-24)38(40)41/h3,5,7,9-14,19,21,25,29H,4,6,8,15-18,20,22H2,1-2H3. The van der Waals surface area contributed by atoms with Crippen molar-refractivity contribution < 1.29 is 19.2 Å². The van der Waals surface area contributed by atoms with Gasteiger partial charge in [0.05, 0.1) is 29.5 Å². The van der Waals surface area contributed by atoms with Crippen LogP contribution in [-0.2, 0) is 16.1 Å². The largest absolute Gasteiger partial charge is 0.497 e. The van der Waals surface area contributed by atoms with E-state index >= 15 is 0 Å². The smallest absolute Gasteiger partial charge is 0.270 e. The van der Waals surface area contributed by atoms with Crippen LogP contribution >= 0.6 is 0 Å². The number of pyridine rings is 1. The number of methoxy groups -OCH3 is 2. The Balaban J connectivity index is 1.27. The number of carbonyl (C=O) groups excluding carboxylic acids is 1. The van der Waals surface area contributed by atoms with E-state index in [0.29, 0.717) is 19.6 Å². The number of non-ortho nitro benzene ring substituents is 1. The number of aromatic nitrogens is 2. The molecular weight excluding hydrogens is 546 g/mol. The highest BCUT2D eigenvalue weighted by Crippen LogP contribution is 2.32. The van der Waals surface area contributed by atoms with Gasteiger partial charge in [-0.05, 0) is 66.8 Å². The SMILES string of the molecule is COc1ccc(-c2nc3ccc(-c4cccc([N+](=O)[O-])c4)cn3c2CN2CCN(C(=O)C3CCCC(OC)C3)CC2)cc1. The van der Waals surface area contributed by atoms with Gasteiger partial charge in [0, 0.05) is 69.6 Å². The lowest BCUT2D eigenvalue weighted by atomic mass is 9.86. The molecule has 1 aliphatic carbocycles. The molecule has 0 radical (unpaired) electrons. The number of hydrogen-bond acceptors (Lipinski definition) is 7. The zero-order chi connectivity index (χ0) is 29.9. The van der Waals surface area contributed by atoms with Crippen molar-refractivity contribution in [2.45, 2.75) is 38.3 Å². The number of piperazine rings is 1. The third-order valence-corrected chi connectivity index (χ3v) is 8.84. The Bertz CT molecular complexity index is 1610. The molecule has 2 unspecified atom stereocenters. The van der Waals surface area contributed by atoms with Gasteiger partial charge in [-0.3, -0.25) is 19.8 Å². The number of hydrogen-bond donors (Lipinski definition) is 0. The second-order valence-corrected chi connectivity index (χ2v) is 11.4. The van der Waals surface area contributed by atoms with Gasteiger partial charge < -0.3 is 18.8 Å². The van der Waals surface area contributed by atoms with Crippen molar-refractivity contribution in [3.05, 3.63) is 82.7 Å². The molecule has 3 heterocycles. The second-order valence-electron chi connectivity index (χ2n) is 11.4. The summed E-state index contributed by atoms with van der Waals surface area (Å²) in [6.07, 6.45) is 6.03. The molecule has 1 aliphatic heterocycles. The van der Waals surface area contributed by atoms with Crippen molar-refractivity contribution in [3.8, 4) is 28.1 Å². The van der Waals surface area contributed by atoms with Crippen LogP contribution < -0.4 is 4.74 Å². The molecule has 10 nitrogen and oxygen atoms in total. The zero-order valence-electron chi connectivity index (χ0n) is 24.6. The fraction of sp³-hybridized carbons (Fsp3) is 0.394. The molecular formula is C33H37N5O5. The molecule has 224 valence electrons. The Hall–Kier alpha value is -4.28. The summed E-state index contributed by atoms with van der Waals surface area (Å²) in [6.45, 7) is 3.58. The van der Waals surface area contributed by atoms with Gasteiger partial charge in [-0.2, -0.15) is 0 Å². The van der Waals surface area contributed by atoms with Gasteiger partial charge >= 0.3 is 0 Å². The second kappa shape index (κ2) is 12.5. The maximum absolute atomic E-state index is 13.3. The molecule has 0 N–H and O–H groups in total. The van der Waals surface area contributed by atoms with E-state index in [9.17, 15) is 14.9 Å². The van der Waals surface area contributed by atoms with E-state index in [-0.39, 0.29) is 28.5 Å². The van der Waals surface area contributed by atoms with Crippen molar-refractivity contribution in [1.29, 1.82) is 0 Å². The van der Waals surface area contributed by atoms with E-state index in [2.05, 4.69) is 9.30 Å². The van der Waals surface area contributed by atoms with E-state index in [0.717, 1.165) is 78.2 Å². The van der Waals surface area contributed by atoms with Gasteiger partial charge in [-0.1, -0.05) is 18.6 Å². The van der Waals surface area contributed by atoms with Crippen LogP contribution in [0.3, 0.4) is 0 Å². The van der Waals surface area contributed by atoms with Crippen molar-refractivity contribution >= 4 is 17.2 Å². The number of rotatable bonds is 8. The number of carbonyl (C=O) groups is 1. The highest BCUT2D eigenvalue weighted by atomic mass is 16.6. The molecule has 2 atom stereocenters. The Labute approximate surface area is 251 Å². The normalized spacial score (nSPS) is 19.4. The lowest BCUT2D eigenvalue weighted by molar-refractivity contribution is -0.384. The molecule has 2 aromatic carbocycles. The summed E-state index contributed by atoms with van der Waals surface area (Å²) in [5, 5.41) is 11.4. The van der Waals surface area contributed by atoms with Crippen molar-refractivity contribution in [2.75, 3.05) is 40.4 Å². The molecule has 4 aromatic rings. The first-order chi connectivity index (χ1) is 20.9. The molecule has 0 spiro atoms. The molecule has 10 heteroatoms. The minimum atomic E-state index is -0.374. The average molecular weight is 584 g/mol. The molecule has 43 heavy (non-hydrogen) atoms. The summed E-state index contributed by atoms with van der Waals surface area (Å²) in [5.74, 6) is 1.09. The molecule has 1 saturated heterocycles. The third kappa shape index (κ3) is 6.11. The van der Waals surface area contributed by atoms with Gasteiger partial charge in [0.25, 0.3) is 5.69 Å². The van der Waals surface area contributed by atoms with Crippen LogP contribution in [0.25, 0.3) is 28.0 Å². The summed E-state index contributed by atoms with van der Waals surface area (Å²) in [5.41, 5.74) is 5.39. The average Bonchev–Trinajstić information content (AvgIpc) is 3.42. The summed E-state index contributed by atoms with van der Waals surface area (Å²) >= 11 is 0. The van der Waals surface area contributed by atoms with Crippen LogP contribution in [0.5, 0.6) is 5.75 Å². The highest BCUT2D eigenvalue weighted by molar-refractivity contribution is 5.79. The summed E-state index contributed by atoms with van der Waals surface area (Å²) in [6, 6.07) is 18.5. The Morgan fingerprint density at radius 3 is 2.47 bits per heavy atom. The van der Waals surface area contributed by atoms with Crippen LogP contribution in [-0.4, -0.2) is 76.5 Å². The Morgan fingerprint density at radius 2 is 1.74 bits per heavy atom. The van der Waals surface area contributed by atoms with Gasteiger partial charge in [0.1, 0.15) is 11.4 Å². The summed E-state index contributed by atoms with van der Waals surface area (Å²) < 4.78 is 13.0. The van der Waals surface area contributed by atoms with Gasteiger partial charge in [0.2, 0.25) is 5.91 Å². The number of nitro groups is 1. The number of benzene rings is 2. The van der Waals surface area contributed by atoms with E-state index in [4.69, 9.17) is 14.5 Å². The third-order valence-electron chi connectivity index (χ3n) is 8.84. The predicted octanol–water partition coefficient (Wildman–Crippen LogP) is 5.43. The van der Waals surface area contributed by atoms with E-state index in [1.54, 1.807) is 26.4 Å². The lowest BCUT2D eigenvalue weighted by Crippen LogP contribution is -2.50. The van der Waals surface area contributed by atoms with Gasteiger partial charge in [-0.25, -0.2) is 4.98 Å². The monoisotopic (exact) mass is 583 g/mol. The van der Waals surface area contributed by atoms with E-state index in [1.807, 2.05) is 53.6 Å². The molecule has 2 fully saturated rings. The van der Waals surface area contributed by atoms with Crippen molar-refractivity contribution in [3.63, 3.8) is 0 Å². The number of amides is 1. The fourth-order valence-corrected chi connectivity index (χ4v) is 6.37. The first kappa shape index (κ1) is 28.8. The Kier molecular flexibility index (Phi) is 8.40. The predicted molar refractivity (Wildman–Crippen MR) is 164 cm³/mol. The van der Waals surface area contributed by atoms with Gasteiger partial charge in [0.15, 0.2) is 0 Å². The highest BCUT2D eigenvalue weighted by Gasteiger charge is 2.32. The number of fused-ring (bicyclic) bond motifs is 1. The first-order valence-corrected chi connectivity index (χ1v) is 14.9. The molecule has 1 saturated carbocycles. The van der Waals surface area contributed by atoms with Crippen LogP contribution in [0.1, 0.15) is 31.4 Å². The quantitative estimate of drug-likeness (QED) is 0.201. The van der Waals surface area contributed by atoms with E-state index < -0.39 is 0 Å². The van der Waals surface area contributed by atoms with Crippen molar-refractivity contribution in [1.82, 2.24) is 19.2 Å². The number of nitrogens with zero attached hydrogens (tertiary/aromatic N) is 5. The number of ether oxygens (including phenoxy) is 2. The molecule has 1 amide bonds. The van der Waals surface area contributed by atoms with Gasteiger partial charge in [-0.15, -0.1) is 0 Å². The van der Waals surface area contributed by atoms with Crippen LogP contribution in [0.4, 0.5) is 5.69 Å². The first-order valence-electron chi connectivity index (χ1n) is 14.9. The maximum Gasteiger partial charge on any atom is 0.270 e. The summed E-state index contributed by atoms with van der Waals surface area (Å²) in [4.78, 5) is 33.8. The summed E-state index contributed by atoms with van der Waals surface area (Å²) in [7, 11) is 3.39. The van der Waals surface area contributed by atoms with E-state index in [1.165, 1.54) is 6.07 Å². The minimum Gasteiger partial charge on any atom is -0.497 e. The number of nitro benzene ring substituents is 1. The molecule has 2 aromatic heterocycles. The minimum absolute atomic E-state index is 0.0536. The zero-order valence-corrected chi connectivity index (χ0v) is 24.6. The molecule has 6 rings (SSSR count). The molecule has 0 bridgehead atoms. The molecule has 2 aliphatic rings. The lowest BCUT2D eigenvalue weighted by Gasteiger charge is -2.38. The topological polar surface area (TPSA) is 102 Å². The van der Waals surface area contributed by atoms with Crippen molar-refractivity contribution in [2.24, 2.45) is 5.92 Å². The maximum atomic E-state index is 13.3. The fourth-order valence-electron chi connectivity index (χ4n) is 6.37. The number of imidazole rings is 1. The Morgan fingerprint density at radius 1 is 0.977 bits per heavy atom. The van der Waals surface area contributed by atoms with Crippen LogP contribution in [0, 0.1) is 16.0 Å².